The van der Waals surface area contributed by atoms with Gasteiger partial charge in [0.25, 0.3) is 11.1 Å². The summed E-state index contributed by atoms with van der Waals surface area (Å²) >= 11 is 6.66. The Labute approximate surface area is 205 Å². The number of hydrogen-bond donors (Lipinski definition) is 1. The summed E-state index contributed by atoms with van der Waals surface area (Å²) in [7, 11) is 0. The molecule has 0 bridgehead atoms. The smallest absolute Gasteiger partial charge is 0.323 e. The molecule has 0 radical (unpaired) electrons. The average Bonchev–Trinajstić information content (AvgIpc) is 3.22. The number of aryl methyl sites for hydroxylation is 1. The number of carbonyl (C=O) groups excluding carboxylic acids is 2. The largest absolute Gasteiger partial charge is 0.489 e. The van der Waals surface area contributed by atoms with Crippen LogP contribution in [-0.4, -0.2) is 38.2 Å². The Kier molecular flexibility index (Phi) is 6.81. The van der Waals surface area contributed by atoms with Crippen LogP contribution in [-0.2, 0) is 16.2 Å². The number of rotatable bonds is 7. The van der Waals surface area contributed by atoms with Crippen LogP contribution in [0.2, 0.25) is 5.02 Å². The van der Waals surface area contributed by atoms with Crippen molar-refractivity contribution in [2.45, 2.75) is 20.5 Å². The molecule has 0 unspecified atom stereocenters. The zero-order chi connectivity index (χ0) is 24.4. The topological polar surface area (TPSA) is 88.8 Å². The Hall–Kier alpha value is -3.49. The highest BCUT2D eigenvalue weighted by molar-refractivity contribution is 8.18. The minimum Gasteiger partial charge on any atom is -0.489 e. The Morgan fingerprint density at radius 1 is 1.09 bits per heavy atom. The monoisotopic (exact) mass is 496 g/mol. The summed E-state index contributed by atoms with van der Waals surface area (Å²) in [6.07, 6.45) is 1.63. The van der Waals surface area contributed by atoms with Crippen molar-refractivity contribution >= 4 is 46.6 Å². The lowest BCUT2D eigenvalue weighted by Crippen LogP contribution is -2.33. The number of carboxylic acids is 1. The van der Waals surface area contributed by atoms with Crippen molar-refractivity contribution in [1.82, 2.24) is 9.47 Å². The lowest BCUT2D eigenvalue weighted by Gasteiger charge is -2.12. The minimum atomic E-state index is -1.23. The lowest BCUT2D eigenvalue weighted by molar-refractivity contribution is -0.140. The standard InChI is InChI=1S/C25H21ClN2O5S/c1-15-11-18(12-22-24(31)27(13-23(29)30)25(32)34-22)16(2)28(15)20-7-9-21(10-8-20)33-14-17-3-5-19(26)6-4-17/h3-12H,13-14H2,1-2H3,(H,29,30)/b22-12+. The summed E-state index contributed by atoms with van der Waals surface area (Å²) in [6.45, 7) is 3.66. The van der Waals surface area contributed by atoms with Crippen LogP contribution in [0.3, 0.4) is 0 Å². The predicted molar refractivity (Wildman–Crippen MR) is 131 cm³/mol. The van der Waals surface area contributed by atoms with Gasteiger partial charge < -0.3 is 14.4 Å². The second-order valence-electron chi connectivity index (χ2n) is 7.73. The van der Waals surface area contributed by atoms with E-state index in [9.17, 15) is 14.4 Å². The molecule has 2 aromatic carbocycles. The molecular formula is C25H21ClN2O5S. The van der Waals surface area contributed by atoms with Gasteiger partial charge in [-0.25, -0.2) is 0 Å². The highest BCUT2D eigenvalue weighted by atomic mass is 35.5. The first-order valence-corrected chi connectivity index (χ1v) is 11.6. The van der Waals surface area contributed by atoms with E-state index < -0.39 is 23.7 Å². The van der Waals surface area contributed by atoms with Gasteiger partial charge in [0.15, 0.2) is 0 Å². The van der Waals surface area contributed by atoms with Crippen molar-refractivity contribution in [2.24, 2.45) is 0 Å². The summed E-state index contributed by atoms with van der Waals surface area (Å²) in [6, 6.07) is 17.1. The van der Waals surface area contributed by atoms with Gasteiger partial charge in [0.2, 0.25) is 0 Å². The molecule has 4 rings (SSSR count). The molecule has 0 spiro atoms. The number of amides is 2. The number of hydrogen-bond acceptors (Lipinski definition) is 5. The molecule has 1 N–H and O–H groups in total. The molecule has 7 nitrogen and oxygen atoms in total. The zero-order valence-electron chi connectivity index (χ0n) is 18.4. The van der Waals surface area contributed by atoms with Crippen LogP contribution in [0.5, 0.6) is 5.75 Å². The number of carbonyl (C=O) groups is 3. The SMILES string of the molecule is Cc1cc(/C=C2/SC(=O)N(CC(=O)O)C2=O)c(C)n1-c1ccc(OCc2ccc(Cl)cc2)cc1. The first-order valence-electron chi connectivity index (χ1n) is 10.4. The predicted octanol–water partition coefficient (Wildman–Crippen LogP) is 5.45. The van der Waals surface area contributed by atoms with E-state index in [1.54, 1.807) is 6.08 Å². The number of aliphatic carboxylic acids is 1. The van der Waals surface area contributed by atoms with E-state index in [1.807, 2.05) is 73.0 Å². The Morgan fingerprint density at radius 3 is 2.41 bits per heavy atom. The summed E-state index contributed by atoms with van der Waals surface area (Å²) in [5.74, 6) is -1.10. The quantitative estimate of drug-likeness (QED) is 0.438. The fraction of sp³-hybridized carbons (Fsp3) is 0.160. The van der Waals surface area contributed by atoms with Crippen molar-refractivity contribution < 1.29 is 24.2 Å². The normalized spacial score (nSPS) is 14.8. The van der Waals surface area contributed by atoms with Crippen molar-refractivity contribution in [3.05, 3.63) is 87.0 Å². The van der Waals surface area contributed by atoms with Gasteiger partial charge in [-0.1, -0.05) is 23.7 Å². The Balaban J connectivity index is 1.51. The van der Waals surface area contributed by atoms with Crippen LogP contribution < -0.4 is 4.74 Å². The van der Waals surface area contributed by atoms with Gasteiger partial charge in [0.1, 0.15) is 18.9 Å². The van der Waals surface area contributed by atoms with Crippen LogP contribution in [0, 0.1) is 13.8 Å². The average molecular weight is 497 g/mol. The molecule has 0 aliphatic carbocycles. The number of carboxylic acid groups (broad SMARTS) is 1. The third-order valence-corrected chi connectivity index (χ3v) is 6.50. The molecule has 1 aromatic heterocycles. The highest BCUT2D eigenvalue weighted by Crippen LogP contribution is 2.33. The Morgan fingerprint density at radius 2 is 1.76 bits per heavy atom. The molecule has 2 amide bonds. The number of imide groups is 1. The number of thioether (sulfide) groups is 1. The summed E-state index contributed by atoms with van der Waals surface area (Å²) < 4.78 is 7.89. The third kappa shape index (κ3) is 5.03. The van der Waals surface area contributed by atoms with Gasteiger partial charge in [0, 0.05) is 22.1 Å². The Bertz CT molecular complexity index is 1300. The van der Waals surface area contributed by atoms with Crippen molar-refractivity contribution in [1.29, 1.82) is 0 Å². The van der Waals surface area contributed by atoms with Gasteiger partial charge >= 0.3 is 5.97 Å². The van der Waals surface area contributed by atoms with E-state index >= 15 is 0 Å². The number of benzene rings is 2. The molecule has 1 saturated heterocycles. The van der Waals surface area contributed by atoms with Crippen molar-refractivity contribution in [2.75, 3.05) is 6.54 Å². The van der Waals surface area contributed by atoms with Crippen LogP contribution in [0.4, 0.5) is 4.79 Å². The molecule has 3 aromatic rings. The van der Waals surface area contributed by atoms with E-state index in [1.165, 1.54) is 0 Å². The molecule has 174 valence electrons. The molecule has 9 heteroatoms. The number of nitrogens with zero attached hydrogens (tertiary/aromatic N) is 2. The van der Waals surface area contributed by atoms with E-state index in [0.717, 1.165) is 50.6 Å². The molecule has 1 aliphatic rings. The van der Waals surface area contributed by atoms with Crippen LogP contribution in [0.25, 0.3) is 11.8 Å². The van der Waals surface area contributed by atoms with Gasteiger partial charge in [-0.3, -0.25) is 19.3 Å². The van der Waals surface area contributed by atoms with Crippen LogP contribution in [0.15, 0.2) is 59.5 Å². The molecule has 0 saturated carbocycles. The zero-order valence-corrected chi connectivity index (χ0v) is 20.0. The third-order valence-electron chi connectivity index (χ3n) is 5.34. The van der Waals surface area contributed by atoms with Gasteiger partial charge in [-0.15, -0.1) is 0 Å². The van der Waals surface area contributed by atoms with E-state index in [4.69, 9.17) is 21.4 Å². The molecule has 34 heavy (non-hydrogen) atoms. The molecule has 1 fully saturated rings. The van der Waals surface area contributed by atoms with Crippen LogP contribution in [0.1, 0.15) is 22.5 Å². The maximum Gasteiger partial charge on any atom is 0.323 e. The summed E-state index contributed by atoms with van der Waals surface area (Å²) in [5, 5.41) is 9.02. The highest BCUT2D eigenvalue weighted by Gasteiger charge is 2.36. The first-order chi connectivity index (χ1) is 16.2. The maximum absolute atomic E-state index is 12.5. The first kappa shape index (κ1) is 23.7. The van der Waals surface area contributed by atoms with Crippen molar-refractivity contribution in [3.63, 3.8) is 0 Å². The molecule has 2 heterocycles. The minimum absolute atomic E-state index is 0.206. The number of halogens is 1. The van der Waals surface area contributed by atoms with Gasteiger partial charge in [-0.05, 0) is 85.3 Å². The van der Waals surface area contributed by atoms with E-state index in [0.29, 0.717) is 11.6 Å². The summed E-state index contributed by atoms with van der Waals surface area (Å²) in [5.41, 5.74) is 4.55. The fourth-order valence-corrected chi connectivity index (χ4v) is 4.64. The van der Waals surface area contributed by atoms with E-state index in [2.05, 4.69) is 0 Å². The van der Waals surface area contributed by atoms with E-state index in [-0.39, 0.29) is 4.91 Å². The summed E-state index contributed by atoms with van der Waals surface area (Å²) in [4.78, 5) is 36.4. The molecular weight excluding hydrogens is 476 g/mol. The molecule has 0 atom stereocenters. The van der Waals surface area contributed by atoms with Gasteiger partial charge in [0.05, 0.1) is 4.91 Å². The maximum atomic E-state index is 12.5. The van der Waals surface area contributed by atoms with Crippen molar-refractivity contribution in [3.8, 4) is 11.4 Å². The molecule has 1 aliphatic heterocycles. The lowest BCUT2D eigenvalue weighted by atomic mass is 10.2. The number of aromatic nitrogens is 1. The second kappa shape index (κ2) is 9.79. The fourth-order valence-electron chi connectivity index (χ4n) is 3.68. The van der Waals surface area contributed by atoms with Crippen LogP contribution >= 0.6 is 23.4 Å². The number of ether oxygens (including phenoxy) is 1. The van der Waals surface area contributed by atoms with Gasteiger partial charge in [-0.2, -0.15) is 0 Å². The second-order valence-corrected chi connectivity index (χ2v) is 9.16.